The zero-order valence-corrected chi connectivity index (χ0v) is 29.0. The molecule has 1 aromatic heterocycles. The lowest BCUT2D eigenvalue weighted by Crippen LogP contribution is -2.47. The molecule has 2 aliphatic rings. The molecule has 2 saturated heterocycles. The maximum atomic E-state index is 12.8. The van der Waals surface area contributed by atoms with Crippen LogP contribution in [0.25, 0.3) is 11.0 Å². The number of carbonyl (C=O) groups excluding carboxylic acids is 2. The van der Waals surface area contributed by atoms with Gasteiger partial charge >= 0.3 is 5.69 Å². The minimum absolute atomic E-state index is 0.0160. The molecule has 266 valence electrons. The number of imidazole rings is 1. The Labute approximate surface area is 293 Å². The number of aliphatic hydroxyl groups is 1. The number of anilines is 1. The second-order valence-corrected chi connectivity index (χ2v) is 13.6. The summed E-state index contributed by atoms with van der Waals surface area (Å²) in [4.78, 5) is 41.8. The van der Waals surface area contributed by atoms with E-state index in [4.69, 9.17) is 9.47 Å². The second kappa shape index (κ2) is 16.6. The molecule has 6 rings (SSSR count). The third-order valence-electron chi connectivity index (χ3n) is 10.0. The van der Waals surface area contributed by atoms with E-state index in [2.05, 4.69) is 27.4 Å². The normalized spacial score (nSPS) is 21.7. The minimum atomic E-state index is -0.602. The monoisotopic (exact) mass is 683 g/mol. The second-order valence-electron chi connectivity index (χ2n) is 13.6. The number of rotatable bonds is 13. The Bertz CT molecular complexity index is 1780. The van der Waals surface area contributed by atoms with E-state index < -0.39 is 6.29 Å². The molecule has 2 amide bonds. The highest BCUT2D eigenvalue weighted by Crippen LogP contribution is 2.42. The summed E-state index contributed by atoms with van der Waals surface area (Å²) in [5, 5.41) is 15.4. The van der Waals surface area contributed by atoms with Crippen LogP contribution in [-0.4, -0.2) is 63.7 Å². The average molecular weight is 684 g/mol. The van der Waals surface area contributed by atoms with Crippen molar-refractivity contribution in [2.24, 2.45) is 5.92 Å². The molecule has 0 saturated carbocycles. The average Bonchev–Trinajstić information content (AvgIpc) is 3.46. The van der Waals surface area contributed by atoms with Crippen molar-refractivity contribution < 1.29 is 24.2 Å². The molecule has 0 bridgehead atoms. The third kappa shape index (κ3) is 8.70. The van der Waals surface area contributed by atoms with Gasteiger partial charge < -0.3 is 35.1 Å². The summed E-state index contributed by atoms with van der Waals surface area (Å²) in [6.45, 7) is 6.73. The molecule has 11 nitrogen and oxygen atoms in total. The Morgan fingerprint density at radius 1 is 0.920 bits per heavy atom. The summed E-state index contributed by atoms with van der Waals surface area (Å²) in [7, 11) is 0. The first-order valence-corrected chi connectivity index (χ1v) is 17.9. The van der Waals surface area contributed by atoms with E-state index in [0.29, 0.717) is 18.7 Å². The fraction of sp³-hybridized carbons (Fsp3) is 0.462. The highest BCUT2D eigenvalue weighted by Gasteiger charge is 2.39. The van der Waals surface area contributed by atoms with Crippen molar-refractivity contribution in [1.29, 1.82) is 0 Å². The van der Waals surface area contributed by atoms with Crippen molar-refractivity contribution in [2.75, 3.05) is 31.5 Å². The lowest BCUT2D eigenvalue weighted by Gasteiger charge is -2.44. The summed E-state index contributed by atoms with van der Waals surface area (Å²) in [6.07, 6.45) is 3.70. The van der Waals surface area contributed by atoms with E-state index in [1.807, 2.05) is 77.4 Å². The highest BCUT2D eigenvalue weighted by atomic mass is 16.7. The van der Waals surface area contributed by atoms with Gasteiger partial charge in [-0.3, -0.25) is 14.2 Å². The number of nitrogens with zero attached hydrogens (tertiary/aromatic N) is 2. The Morgan fingerprint density at radius 2 is 1.64 bits per heavy atom. The van der Waals surface area contributed by atoms with Crippen LogP contribution in [0, 0.1) is 5.92 Å². The number of nitrogens with one attached hydrogen (secondary N) is 3. The Balaban J connectivity index is 1.10. The number of amides is 2. The SMILES string of the molecule is CC(=O)NCCCCCC(=O)Nc1ccc([C@H]2O[C@@H](CN3CCC(n4c(=O)[nH]c5ccccc54)CC3)[C@@H](C)[C@@H](c3ccc(CO)cc3)O2)cc1. The number of aliphatic hydroxyl groups excluding tert-OH is 1. The molecular formula is C39H49N5O6. The van der Waals surface area contributed by atoms with Gasteiger partial charge in [-0.05, 0) is 61.1 Å². The van der Waals surface area contributed by atoms with Gasteiger partial charge in [0, 0.05) is 62.7 Å². The topological polar surface area (TPSA) is 138 Å². The number of carbonyl (C=O) groups is 2. The Hall–Kier alpha value is -4.29. The van der Waals surface area contributed by atoms with Crippen LogP contribution in [0.15, 0.2) is 77.6 Å². The summed E-state index contributed by atoms with van der Waals surface area (Å²) in [6, 6.07) is 23.6. The summed E-state index contributed by atoms with van der Waals surface area (Å²) < 4.78 is 15.3. The van der Waals surface area contributed by atoms with Crippen molar-refractivity contribution >= 4 is 28.5 Å². The number of H-pyrrole nitrogens is 1. The fourth-order valence-electron chi connectivity index (χ4n) is 7.18. The van der Waals surface area contributed by atoms with Gasteiger partial charge in [0.1, 0.15) is 0 Å². The van der Waals surface area contributed by atoms with Crippen LogP contribution in [0.1, 0.15) is 87.5 Å². The summed E-state index contributed by atoms with van der Waals surface area (Å²) in [5.41, 5.74) is 5.24. The molecule has 2 aliphatic heterocycles. The molecule has 3 aromatic carbocycles. The number of aromatic nitrogens is 2. The van der Waals surface area contributed by atoms with E-state index in [9.17, 15) is 19.5 Å². The molecule has 4 N–H and O–H groups in total. The minimum Gasteiger partial charge on any atom is -0.392 e. The van der Waals surface area contributed by atoms with Crippen molar-refractivity contribution in [1.82, 2.24) is 19.8 Å². The number of aromatic amines is 1. The molecule has 11 heteroatoms. The largest absolute Gasteiger partial charge is 0.392 e. The highest BCUT2D eigenvalue weighted by molar-refractivity contribution is 5.90. The number of piperidine rings is 1. The Kier molecular flexibility index (Phi) is 11.8. The summed E-state index contributed by atoms with van der Waals surface area (Å²) >= 11 is 0. The molecule has 2 fully saturated rings. The molecule has 50 heavy (non-hydrogen) atoms. The van der Waals surface area contributed by atoms with Gasteiger partial charge in [-0.25, -0.2) is 4.79 Å². The first-order chi connectivity index (χ1) is 24.3. The summed E-state index contributed by atoms with van der Waals surface area (Å²) in [5.74, 6) is -0.0247. The first-order valence-electron chi connectivity index (χ1n) is 17.9. The lowest BCUT2D eigenvalue weighted by molar-refractivity contribution is -0.276. The van der Waals surface area contributed by atoms with Crippen LogP contribution in [-0.2, 0) is 25.7 Å². The number of hydrogen-bond donors (Lipinski definition) is 4. The van der Waals surface area contributed by atoms with Crippen LogP contribution in [0.2, 0.25) is 0 Å². The van der Waals surface area contributed by atoms with Crippen molar-refractivity contribution in [3.05, 3.63) is 100.0 Å². The zero-order chi connectivity index (χ0) is 35.0. The number of fused-ring (bicyclic) bond motifs is 1. The van der Waals surface area contributed by atoms with Crippen LogP contribution in [0.5, 0.6) is 0 Å². The number of para-hydroxylation sites is 2. The van der Waals surface area contributed by atoms with Gasteiger partial charge in [0.2, 0.25) is 11.8 Å². The molecule has 0 unspecified atom stereocenters. The quantitative estimate of drug-likeness (QED) is 0.135. The van der Waals surface area contributed by atoms with Crippen LogP contribution < -0.4 is 16.3 Å². The first kappa shape index (κ1) is 35.5. The third-order valence-corrected chi connectivity index (χ3v) is 10.0. The van der Waals surface area contributed by atoms with E-state index in [1.165, 1.54) is 6.92 Å². The van der Waals surface area contributed by atoms with E-state index in [1.54, 1.807) is 0 Å². The van der Waals surface area contributed by atoms with Crippen LogP contribution >= 0.6 is 0 Å². The fourth-order valence-corrected chi connectivity index (χ4v) is 7.18. The molecular weight excluding hydrogens is 634 g/mol. The molecule has 4 aromatic rings. The molecule has 0 radical (unpaired) electrons. The smallest absolute Gasteiger partial charge is 0.326 e. The molecule has 0 aliphatic carbocycles. The van der Waals surface area contributed by atoms with Crippen molar-refractivity contribution in [2.45, 2.75) is 83.5 Å². The van der Waals surface area contributed by atoms with Gasteiger partial charge in [0.05, 0.1) is 29.8 Å². The molecule has 0 spiro atoms. The number of unbranched alkanes of at least 4 members (excludes halogenated alkanes) is 2. The van der Waals surface area contributed by atoms with Gasteiger partial charge in [-0.1, -0.05) is 61.9 Å². The Morgan fingerprint density at radius 3 is 2.36 bits per heavy atom. The lowest BCUT2D eigenvalue weighted by atomic mass is 9.89. The van der Waals surface area contributed by atoms with E-state index in [-0.39, 0.29) is 48.3 Å². The van der Waals surface area contributed by atoms with E-state index >= 15 is 0 Å². The van der Waals surface area contributed by atoms with Crippen molar-refractivity contribution in [3.8, 4) is 0 Å². The van der Waals surface area contributed by atoms with Gasteiger partial charge in [0.25, 0.3) is 0 Å². The predicted octanol–water partition coefficient (Wildman–Crippen LogP) is 5.59. The van der Waals surface area contributed by atoms with Crippen LogP contribution in [0.4, 0.5) is 5.69 Å². The predicted molar refractivity (Wildman–Crippen MR) is 192 cm³/mol. The maximum Gasteiger partial charge on any atom is 0.326 e. The van der Waals surface area contributed by atoms with Gasteiger partial charge in [-0.15, -0.1) is 0 Å². The van der Waals surface area contributed by atoms with E-state index in [0.717, 1.165) is 79.5 Å². The number of ether oxygens (including phenoxy) is 2. The number of benzene rings is 3. The number of hydrogen-bond acceptors (Lipinski definition) is 7. The number of likely N-dealkylation sites (tertiary alicyclic amines) is 1. The molecule has 4 atom stereocenters. The molecule has 3 heterocycles. The van der Waals surface area contributed by atoms with Gasteiger partial charge in [-0.2, -0.15) is 0 Å². The standard InChI is InChI=1S/C39H49N5O6/c1-26-35(24-43-22-19-32(20-23-43)44-34-9-6-5-8-33(34)42-39(44)48)49-38(50-37(26)29-13-11-28(25-45)12-14-29)30-15-17-31(18-16-30)41-36(47)10-4-3-7-21-40-27(2)46/h5-6,8-9,11-18,26,32,35,37-38,45H,3-4,7,10,19-25H2,1-2H3,(H,40,46)(H,41,47)(H,42,48)/t26-,35+,37+,38+/m1/s1. The van der Waals surface area contributed by atoms with Crippen molar-refractivity contribution in [3.63, 3.8) is 0 Å². The van der Waals surface area contributed by atoms with Gasteiger partial charge in [0.15, 0.2) is 6.29 Å². The maximum absolute atomic E-state index is 12.8. The van der Waals surface area contributed by atoms with Crippen LogP contribution in [0.3, 0.4) is 0 Å². The zero-order valence-electron chi connectivity index (χ0n) is 29.0.